The number of rotatable bonds is 2. The van der Waals surface area contributed by atoms with Crippen LogP contribution in [0.1, 0.15) is 11.4 Å². The van der Waals surface area contributed by atoms with Gasteiger partial charge in [0, 0.05) is 12.3 Å². The third-order valence-electron chi connectivity index (χ3n) is 2.21. The van der Waals surface area contributed by atoms with Gasteiger partial charge in [-0.1, -0.05) is 0 Å². The number of carbonyl (C=O) groups is 1. The van der Waals surface area contributed by atoms with Crippen LogP contribution in [-0.2, 0) is 4.79 Å². The van der Waals surface area contributed by atoms with Gasteiger partial charge in [0.15, 0.2) is 5.65 Å². The van der Waals surface area contributed by atoms with Crippen LogP contribution in [0.2, 0.25) is 0 Å². The quantitative estimate of drug-likeness (QED) is 0.860. The molecule has 0 bridgehead atoms. The second-order valence-corrected chi connectivity index (χ2v) is 4.16. The topological polar surface area (TPSA) is 54.6 Å². The van der Waals surface area contributed by atoms with Gasteiger partial charge in [0.25, 0.3) is 0 Å². The van der Waals surface area contributed by atoms with E-state index in [1.165, 1.54) is 0 Å². The van der Waals surface area contributed by atoms with Crippen LogP contribution in [0.25, 0.3) is 11.7 Å². The number of carboxylic acids is 1. The van der Waals surface area contributed by atoms with Gasteiger partial charge in [-0.3, -0.25) is 4.40 Å². The van der Waals surface area contributed by atoms with E-state index in [1.54, 1.807) is 6.08 Å². The zero-order valence-electron chi connectivity index (χ0n) is 8.51. The summed E-state index contributed by atoms with van der Waals surface area (Å²) >= 11 is 3.40. The molecule has 0 atom stereocenters. The van der Waals surface area contributed by atoms with Crippen molar-refractivity contribution in [3.8, 4) is 0 Å². The van der Waals surface area contributed by atoms with Crippen molar-refractivity contribution in [1.82, 2.24) is 9.38 Å². The summed E-state index contributed by atoms with van der Waals surface area (Å²) in [5.41, 5.74) is 2.35. The number of nitrogens with zero attached hydrogens (tertiary/aromatic N) is 2. The Labute approximate surface area is 100 Å². The van der Waals surface area contributed by atoms with E-state index in [0.29, 0.717) is 0 Å². The molecule has 4 nitrogen and oxygen atoms in total. The Morgan fingerprint density at radius 1 is 1.62 bits per heavy atom. The first-order valence-corrected chi connectivity index (χ1v) is 5.43. The number of fused-ring (bicyclic) bond motifs is 1. The van der Waals surface area contributed by atoms with Crippen molar-refractivity contribution in [2.45, 2.75) is 6.92 Å². The van der Waals surface area contributed by atoms with Crippen molar-refractivity contribution in [1.29, 1.82) is 0 Å². The normalized spacial score (nSPS) is 11.4. The van der Waals surface area contributed by atoms with Gasteiger partial charge in [0.2, 0.25) is 0 Å². The second kappa shape index (κ2) is 4.09. The lowest BCUT2D eigenvalue weighted by Gasteiger charge is -1.97. The van der Waals surface area contributed by atoms with Crippen molar-refractivity contribution in [2.75, 3.05) is 0 Å². The van der Waals surface area contributed by atoms with Crippen molar-refractivity contribution in [3.63, 3.8) is 0 Å². The molecule has 0 radical (unpaired) electrons. The summed E-state index contributed by atoms with van der Waals surface area (Å²) in [6.45, 7) is 1.85. The predicted octanol–water partition coefficient (Wildman–Crippen LogP) is 2.50. The Balaban J connectivity index is 2.65. The molecule has 16 heavy (non-hydrogen) atoms. The highest BCUT2D eigenvalue weighted by molar-refractivity contribution is 9.10. The Morgan fingerprint density at radius 3 is 3.06 bits per heavy atom. The average molecular weight is 281 g/mol. The minimum atomic E-state index is -0.968. The third kappa shape index (κ3) is 1.86. The molecule has 2 aromatic rings. The summed E-state index contributed by atoms with van der Waals surface area (Å²) in [6.07, 6.45) is 4.50. The number of aryl methyl sites for hydroxylation is 1. The van der Waals surface area contributed by atoms with Crippen LogP contribution in [-0.4, -0.2) is 20.5 Å². The van der Waals surface area contributed by atoms with Crippen LogP contribution >= 0.6 is 15.9 Å². The van der Waals surface area contributed by atoms with Gasteiger partial charge >= 0.3 is 5.97 Å². The molecule has 0 unspecified atom stereocenters. The lowest BCUT2D eigenvalue weighted by atomic mass is 10.3. The molecular weight excluding hydrogens is 272 g/mol. The maximum Gasteiger partial charge on any atom is 0.328 e. The summed E-state index contributed by atoms with van der Waals surface area (Å²) in [6, 6.07) is 3.77. The van der Waals surface area contributed by atoms with Crippen molar-refractivity contribution >= 4 is 33.6 Å². The molecule has 5 heteroatoms. The first-order chi connectivity index (χ1) is 7.59. The van der Waals surface area contributed by atoms with Gasteiger partial charge in [-0.2, -0.15) is 0 Å². The number of aliphatic carboxylic acids is 1. The highest BCUT2D eigenvalue weighted by atomic mass is 79.9. The number of aromatic nitrogens is 2. The maximum atomic E-state index is 10.5. The highest BCUT2D eigenvalue weighted by Gasteiger charge is 2.07. The van der Waals surface area contributed by atoms with E-state index in [2.05, 4.69) is 20.9 Å². The molecular formula is C11H9BrN2O2. The fourth-order valence-corrected chi connectivity index (χ4v) is 1.95. The predicted molar refractivity (Wildman–Crippen MR) is 64.3 cm³/mol. The zero-order valence-corrected chi connectivity index (χ0v) is 10.1. The van der Waals surface area contributed by atoms with Crippen molar-refractivity contribution < 1.29 is 9.90 Å². The number of imidazole rings is 1. The summed E-state index contributed by atoms with van der Waals surface area (Å²) < 4.78 is 2.73. The van der Waals surface area contributed by atoms with E-state index >= 15 is 0 Å². The van der Waals surface area contributed by atoms with Gasteiger partial charge < -0.3 is 5.11 Å². The van der Waals surface area contributed by atoms with E-state index in [9.17, 15) is 4.79 Å². The molecule has 2 heterocycles. The lowest BCUT2D eigenvalue weighted by molar-refractivity contribution is -0.131. The van der Waals surface area contributed by atoms with Crippen LogP contribution in [0.5, 0.6) is 0 Å². The molecule has 0 aliphatic rings. The summed E-state index contributed by atoms with van der Waals surface area (Å²) in [5, 5.41) is 8.60. The molecule has 0 saturated heterocycles. The van der Waals surface area contributed by atoms with Gasteiger partial charge in [0.05, 0.1) is 15.9 Å². The number of hydrogen-bond acceptors (Lipinski definition) is 2. The molecule has 0 aromatic carbocycles. The van der Waals surface area contributed by atoms with Gasteiger partial charge in [-0.25, -0.2) is 9.78 Å². The molecule has 2 aromatic heterocycles. The standard InChI is InChI=1S/C11H9BrN2O2/c1-7-9(4-5-10(15)16)14-6-2-3-8(12)11(14)13-7/h2-6H,1H3,(H,15,16)/b5-4+. The van der Waals surface area contributed by atoms with Gasteiger partial charge in [-0.05, 0) is 41.1 Å². The largest absolute Gasteiger partial charge is 0.478 e. The summed E-state index contributed by atoms with van der Waals surface area (Å²) in [4.78, 5) is 14.8. The molecule has 1 N–H and O–H groups in total. The van der Waals surface area contributed by atoms with Crippen LogP contribution < -0.4 is 0 Å². The average Bonchev–Trinajstić information content (AvgIpc) is 2.53. The van der Waals surface area contributed by atoms with Crippen LogP contribution in [0.4, 0.5) is 0 Å². The lowest BCUT2D eigenvalue weighted by Crippen LogP contribution is -1.90. The van der Waals surface area contributed by atoms with Gasteiger partial charge in [0.1, 0.15) is 0 Å². The first-order valence-electron chi connectivity index (χ1n) is 4.64. The third-order valence-corrected chi connectivity index (χ3v) is 2.83. The first kappa shape index (κ1) is 10.9. The monoisotopic (exact) mass is 280 g/mol. The van der Waals surface area contributed by atoms with Crippen LogP contribution in [0.3, 0.4) is 0 Å². The Hall–Kier alpha value is -1.62. The maximum absolute atomic E-state index is 10.5. The Morgan fingerprint density at radius 2 is 2.38 bits per heavy atom. The molecule has 0 aliphatic carbocycles. The molecule has 2 rings (SSSR count). The molecule has 0 saturated carbocycles. The fraction of sp³-hybridized carbons (Fsp3) is 0.0909. The van der Waals surface area contributed by atoms with Crippen LogP contribution in [0, 0.1) is 6.92 Å². The van der Waals surface area contributed by atoms with Crippen molar-refractivity contribution in [3.05, 3.63) is 40.3 Å². The number of pyridine rings is 1. The Kier molecular flexibility index (Phi) is 2.78. The van der Waals surface area contributed by atoms with E-state index in [0.717, 1.165) is 27.6 Å². The molecule has 0 aliphatic heterocycles. The summed E-state index contributed by atoms with van der Waals surface area (Å²) in [7, 11) is 0. The number of hydrogen-bond donors (Lipinski definition) is 1. The van der Waals surface area contributed by atoms with E-state index < -0.39 is 5.97 Å². The van der Waals surface area contributed by atoms with E-state index in [-0.39, 0.29) is 0 Å². The second-order valence-electron chi connectivity index (χ2n) is 3.30. The highest BCUT2D eigenvalue weighted by Crippen LogP contribution is 2.20. The summed E-state index contributed by atoms with van der Waals surface area (Å²) in [5.74, 6) is -0.968. The smallest absolute Gasteiger partial charge is 0.328 e. The molecule has 0 amide bonds. The molecule has 0 fully saturated rings. The number of halogens is 1. The minimum absolute atomic E-state index is 0.777. The van der Waals surface area contributed by atoms with Crippen molar-refractivity contribution in [2.24, 2.45) is 0 Å². The minimum Gasteiger partial charge on any atom is -0.478 e. The molecule has 82 valence electrons. The molecule has 0 spiro atoms. The number of carboxylic acid groups (broad SMARTS) is 1. The van der Waals surface area contributed by atoms with Gasteiger partial charge in [-0.15, -0.1) is 0 Å². The van der Waals surface area contributed by atoms with E-state index in [4.69, 9.17) is 5.11 Å². The fourth-order valence-electron chi connectivity index (χ4n) is 1.52. The zero-order chi connectivity index (χ0) is 11.7. The Bertz CT molecular complexity index is 587. The van der Waals surface area contributed by atoms with Crippen LogP contribution in [0.15, 0.2) is 28.9 Å². The SMILES string of the molecule is Cc1nc2c(Br)cccn2c1/C=C/C(=O)O. The van der Waals surface area contributed by atoms with E-state index in [1.807, 2.05) is 29.7 Å².